The summed E-state index contributed by atoms with van der Waals surface area (Å²) in [6.07, 6.45) is -1.46. The summed E-state index contributed by atoms with van der Waals surface area (Å²) in [4.78, 5) is 23.7. The molecule has 8 heteroatoms. The molecule has 1 atom stereocenters. The first-order chi connectivity index (χ1) is 10.9. The van der Waals surface area contributed by atoms with Crippen LogP contribution in [0.25, 0.3) is 0 Å². The van der Waals surface area contributed by atoms with Gasteiger partial charge in [-0.2, -0.15) is 0 Å². The lowest BCUT2D eigenvalue weighted by molar-refractivity contribution is -0.152. The monoisotopic (exact) mass is 340 g/mol. The Labute approximate surface area is 136 Å². The second kappa shape index (κ2) is 7.23. The van der Waals surface area contributed by atoms with Crippen molar-refractivity contribution in [2.75, 3.05) is 5.32 Å². The first-order valence-electron chi connectivity index (χ1n) is 6.73. The molecule has 1 aromatic heterocycles. The molecule has 1 N–H and O–H groups in total. The number of halogens is 2. The fraction of sp³-hybridized carbons (Fsp3) is 0.267. The van der Waals surface area contributed by atoms with Crippen molar-refractivity contribution in [1.82, 2.24) is 5.16 Å². The Hall–Kier alpha value is -2.41. The highest BCUT2D eigenvalue weighted by Crippen LogP contribution is 2.20. The van der Waals surface area contributed by atoms with E-state index in [1.807, 2.05) is 0 Å². The Morgan fingerprint density at radius 3 is 2.83 bits per heavy atom. The molecule has 23 heavy (non-hydrogen) atoms. The van der Waals surface area contributed by atoms with Crippen molar-refractivity contribution in [1.29, 1.82) is 0 Å². The lowest BCUT2D eigenvalue weighted by Crippen LogP contribution is -2.30. The summed E-state index contributed by atoms with van der Waals surface area (Å²) in [7, 11) is 0. The van der Waals surface area contributed by atoms with E-state index in [2.05, 4.69) is 10.5 Å². The van der Waals surface area contributed by atoms with Gasteiger partial charge in [-0.15, -0.1) is 0 Å². The fourth-order valence-corrected chi connectivity index (χ4v) is 2.01. The number of hydrogen-bond acceptors (Lipinski definition) is 5. The van der Waals surface area contributed by atoms with Crippen LogP contribution < -0.4 is 5.32 Å². The summed E-state index contributed by atoms with van der Waals surface area (Å²) < 4.78 is 23.4. The van der Waals surface area contributed by atoms with Crippen LogP contribution in [0, 0.1) is 12.7 Å². The number of nitrogens with zero attached hydrogens (tertiary/aromatic N) is 1. The van der Waals surface area contributed by atoms with Crippen LogP contribution in [0.15, 0.2) is 28.8 Å². The van der Waals surface area contributed by atoms with Crippen LogP contribution in [0.2, 0.25) is 5.02 Å². The highest BCUT2D eigenvalue weighted by molar-refractivity contribution is 6.31. The average Bonchev–Trinajstić information content (AvgIpc) is 2.88. The topological polar surface area (TPSA) is 81.4 Å². The molecule has 2 rings (SSSR count). The van der Waals surface area contributed by atoms with E-state index in [4.69, 9.17) is 20.9 Å². The molecule has 0 saturated heterocycles. The summed E-state index contributed by atoms with van der Waals surface area (Å²) in [5.74, 6) is -1.82. The molecule has 122 valence electrons. The van der Waals surface area contributed by atoms with E-state index < -0.39 is 23.8 Å². The molecule has 0 bridgehead atoms. The number of ether oxygens (including phenoxy) is 1. The van der Waals surface area contributed by atoms with Gasteiger partial charge in [-0.1, -0.05) is 22.8 Å². The van der Waals surface area contributed by atoms with Gasteiger partial charge in [0.05, 0.1) is 12.1 Å². The Morgan fingerprint density at radius 2 is 2.22 bits per heavy atom. The molecule has 0 radical (unpaired) electrons. The zero-order valence-electron chi connectivity index (χ0n) is 12.4. The van der Waals surface area contributed by atoms with Crippen molar-refractivity contribution in [3.8, 4) is 0 Å². The number of amides is 1. The third-order valence-corrected chi connectivity index (χ3v) is 3.29. The molecule has 0 fully saturated rings. The van der Waals surface area contributed by atoms with E-state index in [0.717, 1.165) is 0 Å². The number of anilines is 1. The first kappa shape index (κ1) is 17.0. The second-order valence-corrected chi connectivity index (χ2v) is 5.24. The lowest BCUT2D eigenvalue weighted by Gasteiger charge is -2.12. The number of aryl methyl sites for hydroxylation is 1. The summed E-state index contributed by atoms with van der Waals surface area (Å²) in [6.45, 7) is 3.08. The minimum atomic E-state index is -1.08. The van der Waals surface area contributed by atoms with Gasteiger partial charge in [-0.25, -0.2) is 4.39 Å². The molecule has 1 amide bonds. The number of rotatable bonds is 5. The van der Waals surface area contributed by atoms with Crippen molar-refractivity contribution in [2.45, 2.75) is 26.4 Å². The number of benzene rings is 1. The molecule has 6 nitrogen and oxygen atoms in total. The van der Waals surface area contributed by atoms with Crippen LogP contribution >= 0.6 is 11.6 Å². The summed E-state index contributed by atoms with van der Waals surface area (Å²) in [5.41, 5.74) is 0.622. The molecule has 0 aliphatic rings. The number of aromatic nitrogens is 1. The molecule has 1 aromatic carbocycles. The quantitative estimate of drug-likeness (QED) is 0.846. The van der Waals surface area contributed by atoms with Crippen molar-refractivity contribution in [3.05, 3.63) is 46.4 Å². The van der Waals surface area contributed by atoms with Crippen molar-refractivity contribution < 1.29 is 23.2 Å². The molecular formula is C15H14ClFN2O4. The van der Waals surface area contributed by atoms with Crippen LogP contribution in [0.3, 0.4) is 0 Å². The summed E-state index contributed by atoms with van der Waals surface area (Å²) >= 11 is 5.84. The molecular weight excluding hydrogens is 327 g/mol. The van der Waals surface area contributed by atoms with Crippen LogP contribution in [-0.4, -0.2) is 23.1 Å². The van der Waals surface area contributed by atoms with Crippen LogP contribution in [-0.2, 0) is 20.7 Å². The number of carbonyl (C=O) groups excluding carboxylic acids is 2. The average molecular weight is 341 g/mol. The standard InChI is InChI=1S/C15H14ClFN2O4/c1-8-6-13(23-19-8)18-15(21)9(2)22-14(20)7-10-11(16)4-3-5-12(10)17/h3-6,9H,7H2,1-2H3,(H,18,21)/t9-/m1/s1. The maximum absolute atomic E-state index is 13.6. The normalized spacial score (nSPS) is 11.8. The van der Waals surface area contributed by atoms with E-state index in [1.54, 1.807) is 6.92 Å². The molecule has 0 unspecified atom stereocenters. The number of esters is 1. The smallest absolute Gasteiger partial charge is 0.311 e. The summed E-state index contributed by atoms with van der Waals surface area (Å²) in [5, 5.41) is 6.14. The Bertz CT molecular complexity index is 712. The third-order valence-electron chi connectivity index (χ3n) is 2.93. The zero-order chi connectivity index (χ0) is 17.0. The van der Waals surface area contributed by atoms with Gasteiger partial charge in [-0.05, 0) is 26.0 Å². The van der Waals surface area contributed by atoms with E-state index in [-0.39, 0.29) is 22.9 Å². The zero-order valence-corrected chi connectivity index (χ0v) is 13.2. The Morgan fingerprint density at radius 1 is 1.48 bits per heavy atom. The summed E-state index contributed by atoms with van der Waals surface area (Å²) in [6, 6.07) is 5.61. The minimum absolute atomic E-state index is 0.0256. The van der Waals surface area contributed by atoms with Crippen LogP contribution in [0.5, 0.6) is 0 Å². The Kier molecular flexibility index (Phi) is 5.33. The van der Waals surface area contributed by atoms with Gasteiger partial charge in [0.1, 0.15) is 5.82 Å². The van der Waals surface area contributed by atoms with Crippen LogP contribution in [0.1, 0.15) is 18.2 Å². The maximum atomic E-state index is 13.6. The van der Waals surface area contributed by atoms with Gasteiger partial charge in [0, 0.05) is 16.7 Å². The lowest BCUT2D eigenvalue weighted by atomic mass is 10.1. The molecule has 0 spiro atoms. The van der Waals surface area contributed by atoms with E-state index in [0.29, 0.717) is 5.69 Å². The molecule has 0 saturated carbocycles. The predicted molar refractivity (Wildman–Crippen MR) is 80.5 cm³/mol. The number of carbonyl (C=O) groups is 2. The van der Waals surface area contributed by atoms with Gasteiger partial charge in [-0.3, -0.25) is 14.9 Å². The predicted octanol–water partition coefficient (Wildman–Crippen LogP) is 2.89. The van der Waals surface area contributed by atoms with Crippen molar-refractivity contribution in [3.63, 3.8) is 0 Å². The minimum Gasteiger partial charge on any atom is -0.452 e. The number of nitrogens with one attached hydrogen (secondary N) is 1. The Balaban J connectivity index is 1.93. The third kappa shape index (κ3) is 4.53. The molecule has 0 aliphatic heterocycles. The highest BCUT2D eigenvalue weighted by atomic mass is 35.5. The molecule has 2 aromatic rings. The van der Waals surface area contributed by atoms with Gasteiger partial charge in [0.15, 0.2) is 6.10 Å². The van der Waals surface area contributed by atoms with Gasteiger partial charge >= 0.3 is 5.97 Å². The molecule has 1 heterocycles. The largest absolute Gasteiger partial charge is 0.452 e. The first-order valence-corrected chi connectivity index (χ1v) is 7.11. The fourth-order valence-electron chi connectivity index (χ4n) is 1.78. The second-order valence-electron chi connectivity index (χ2n) is 4.83. The van der Waals surface area contributed by atoms with E-state index >= 15 is 0 Å². The SMILES string of the molecule is Cc1cc(NC(=O)[C@@H](C)OC(=O)Cc2c(F)cccc2Cl)on1. The van der Waals surface area contributed by atoms with Gasteiger partial charge in [0.25, 0.3) is 5.91 Å². The molecule has 0 aliphatic carbocycles. The highest BCUT2D eigenvalue weighted by Gasteiger charge is 2.21. The van der Waals surface area contributed by atoms with E-state index in [9.17, 15) is 14.0 Å². The van der Waals surface area contributed by atoms with Gasteiger partial charge < -0.3 is 9.26 Å². The maximum Gasteiger partial charge on any atom is 0.311 e. The van der Waals surface area contributed by atoms with Gasteiger partial charge in [0.2, 0.25) is 5.88 Å². The van der Waals surface area contributed by atoms with Crippen molar-refractivity contribution >= 4 is 29.4 Å². The van der Waals surface area contributed by atoms with Crippen molar-refractivity contribution in [2.24, 2.45) is 0 Å². The number of hydrogen-bond donors (Lipinski definition) is 1. The van der Waals surface area contributed by atoms with Crippen LogP contribution in [0.4, 0.5) is 10.3 Å². The van der Waals surface area contributed by atoms with E-state index in [1.165, 1.54) is 31.2 Å².